The molecule has 1 amide bonds. The molecule has 0 atom stereocenters. The van der Waals surface area contributed by atoms with Gasteiger partial charge in [0.2, 0.25) is 0 Å². The third-order valence-electron chi connectivity index (χ3n) is 1.79. The van der Waals surface area contributed by atoms with Gasteiger partial charge in [-0.05, 0) is 19.4 Å². The first-order valence-electron chi connectivity index (χ1n) is 3.39. The molecule has 11 heavy (non-hydrogen) atoms. The number of hydrogen-bond acceptors (Lipinski definition) is 2. The summed E-state index contributed by atoms with van der Waals surface area (Å²) in [6, 6.07) is 0. The normalized spacial score (nSPS) is 21.0. The van der Waals surface area contributed by atoms with Gasteiger partial charge in [0, 0.05) is 5.57 Å². The van der Waals surface area contributed by atoms with Gasteiger partial charge in [0.25, 0.3) is 5.91 Å². The molecule has 0 unspecified atom stereocenters. The second kappa shape index (κ2) is 2.78. The van der Waals surface area contributed by atoms with Crippen molar-refractivity contribution in [3.8, 4) is 0 Å². The van der Waals surface area contributed by atoms with E-state index in [0.29, 0.717) is 0 Å². The van der Waals surface area contributed by atoms with E-state index in [4.69, 9.17) is 4.74 Å². The van der Waals surface area contributed by atoms with Gasteiger partial charge in [0.05, 0.1) is 12.8 Å². The molecule has 0 aromatic heterocycles. The van der Waals surface area contributed by atoms with Crippen LogP contribution in [0.2, 0.25) is 0 Å². The average Bonchev–Trinajstić information content (AvgIpc) is 2.19. The molecule has 60 valence electrons. The maximum atomic E-state index is 11.0. The Kier molecular flexibility index (Phi) is 1.98. The molecule has 1 heterocycles. The summed E-state index contributed by atoms with van der Waals surface area (Å²) in [6.07, 6.45) is 1.53. The van der Waals surface area contributed by atoms with Gasteiger partial charge < -0.3 is 10.1 Å². The predicted molar refractivity (Wildman–Crippen MR) is 41.6 cm³/mol. The molecule has 0 spiro atoms. The lowest BCUT2D eigenvalue weighted by molar-refractivity contribution is -0.116. The van der Waals surface area contributed by atoms with Gasteiger partial charge in [0.1, 0.15) is 6.26 Å². The minimum atomic E-state index is -0.0363. The summed E-state index contributed by atoms with van der Waals surface area (Å²) in [4.78, 5) is 11.0. The molecule has 0 aliphatic carbocycles. The van der Waals surface area contributed by atoms with Crippen LogP contribution in [0.1, 0.15) is 13.8 Å². The van der Waals surface area contributed by atoms with Crippen LogP contribution in [0.25, 0.3) is 0 Å². The first-order chi connectivity index (χ1) is 5.16. The summed E-state index contributed by atoms with van der Waals surface area (Å²) in [5.41, 5.74) is 2.47. The van der Waals surface area contributed by atoms with Crippen LogP contribution in [0.4, 0.5) is 0 Å². The van der Waals surface area contributed by atoms with E-state index >= 15 is 0 Å². The zero-order valence-corrected chi connectivity index (χ0v) is 6.89. The maximum absolute atomic E-state index is 11.0. The van der Waals surface area contributed by atoms with Crippen molar-refractivity contribution in [2.45, 2.75) is 13.8 Å². The van der Waals surface area contributed by atoms with Gasteiger partial charge in [-0.25, -0.2) is 0 Å². The van der Waals surface area contributed by atoms with E-state index in [1.807, 2.05) is 6.92 Å². The highest BCUT2D eigenvalue weighted by Gasteiger charge is 2.19. The molecule has 0 saturated carbocycles. The minimum absolute atomic E-state index is 0.0363. The van der Waals surface area contributed by atoms with Crippen molar-refractivity contribution in [2.75, 3.05) is 7.11 Å². The molecule has 0 bridgehead atoms. The molecular formula is C8H11NO2. The largest absolute Gasteiger partial charge is 0.502 e. The van der Waals surface area contributed by atoms with Crippen molar-refractivity contribution in [2.24, 2.45) is 0 Å². The van der Waals surface area contributed by atoms with Crippen molar-refractivity contribution in [3.63, 3.8) is 0 Å². The fourth-order valence-corrected chi connectivity index (χ4v) is 0.918. The third-order valence-corrected chi connectivity index (χ3v) is 1.79. The molecule has 0 aromatic carbocycles. The molecule has 3 nitrogen and oxygen atoms in total. The highest BCUT2D eigenvalue weighted by molar-refractivity contribution is 5.99. The Balaban J connectivity index is 2.95. The summed E-state index contributed by atoms with van der Waals surface area (Å²) >= 11 is 0. The fourth-order valence-electron chi connectivity index (χ4n) is 0.918. The van der Waals surface area contributed by atoms with Crippen molar-refractivity contribution in [3.05, 3.63) is 23.1 Å². The number of carbonyl (C=O) groups is 1. The molecule has 1 rings (SSSR count). The summed E-state index contributed by atoms with van der Waals surface area (Å²) in [5.74, 6) is -0.0363. The standard InChI is InChI=1S/C8H11NO2/c1-5-6(2)8(10)9-7(5)4-11-3/h4H,1-3H3,(H,9,10)/b7-4+. The second-order valence-corrected chi connectivity index (χ2v) is 2.47. The number of nitrogens with one attached hydrogen (secondary N) is 1. The van der Waals surface area contributed by atoms with Crippen LogP contribution in [0.5, 0.6) is 0 Å². The van der Waals surface area contributed by atoms with E-state index in [9.17, 15) is 4.79 Å². The van der Waals surface area contributed by atoms with Gasteiger partial charge in [-0.3, -0.25) is 4.79 Å². The Hall–Kier alpha value is -1.25. The van der Waals surface area contributed by atoms with E-state index < -0.39 is 0 Å². The minimum Gasteiger partial charge on any atom is -0.502 e. The van der Waals surface area contributed by atoms with Gasteiger partial charge in [-0.15, -0.1) is 0 Å². The number of carbonyl (C=O) groups excluding carboxylic acids is 1. The topological polar surface area (TPSA) is 38.3 Å². The first kappa shape index (κ1) is 7.85. The Labute approximate surface area is 65.7 Å². The smallest absolute Gasteiger partial charge is 0.251 e. The molecule has 0 fully saturated rings. The van der Waals surface area contributed by atoms with Gasteiger partial charge in [-0.1, -0.05) is 0 Å². The third kappa shape index (κ3) is 1.27. The number of hydrogen-bond donors (Lipinski definition) is 1. The molecule has 1 aliphatic heterocycles. The Morgan fingerprint density at radius 2 is 2.00 bits per heavy atom. The lowest BCUT2D eigenvalue weighted by atomic mass is 10.2. The summed E-state index contributed by atoms with van der Waals surface area (Å²) in [7, 11) is 1.56. The summed E-state index contributed by atoms with van der Waals surface area (Å²) in [5, 5.41) is 2.68. The van der Waals surface area contributed by atoms with E-state index in [2.05, 4.69) is 5.32 Å². The number of ether oxygens (including phenoxy) is 1. The Bertz CT molecular complexity index is 251. The van der Waals surface area contributed by atoms with Crippen LogP contribution in [0, 0.1) is 0 Å². The molecule has 1 aliphatic rings. The van der Waals surface area contributed by atoms with E-state index in [0.717, 1.165) is 16.8 Å². The van der Waals surface area contributed by atoms with Crippen LogP contribution in [0.15, 0.2) is 23.1 Å². The monoisotopic (exact) mass is 153 g/mol. The van der Waals surface area contributed by atoms with Crippen molar-refractivity contribution in [1.82, 2.24) is 5.32 Å². The molecule has 0 aromatic rings. The molecule has 3 heteroatoms. The van der Waals surface area contributed by atoms with E-state index in [-0.39, 0.29) is 5.91 Å². The summed E-state index contributed by atoms with van der Waals surface area (Å²) < 4.78 is 4.78. The van der Waals surface area contributed by atoms with Crippen molar-refractivity contribution < 1.29 is 9.53 Å². The number of amides is 1. The zero-order chi connectivity index (χ0) is 8.43. The van der Waals surface area contributed by atoms with Crippen LogP contribution in [0.3, 0.4) is 0 Å². The molecule has 0 saturated heterocycles. The summed E-state index contributed by atoms with van der Waals surface area (Å²) in [6.45, 7) is 3.68. The van der Waals surface area contributed by atoms with Gasteiger partial charge >= 0.3 is 0 Å². The van der Waals surface area contributed by atoms with Crippen molar-refractivity contribution in [1.29, 1.82) is 0 Å². The van der Waals surface area contributed by atoms with Crippen LogP contribution < -0.4 is 5.32 Å². The zero-order valence-electron chi connectivity index (χ0n) is 6.89. The first-order valence-corrected chi connectivity index (χ1v) is 3.39. The van der Waals surface area contributed by atoms with Crippen molar-refractivity contribution >= 4 is 5.91 Å². The average molecular weight is 153 g/mol. The number of allylic oxidation sites excluding steroid dienone is 1. The Morgan fingerprint density at radius 3 is 2.36 bits per heavy atom. The molecule has 1 N–H and O–H groups in total. The molecule has 0 radical (unpaired) electrons. The lowest BCUT2D eigenvalue weighted by Crippen LogP contribution is -2.15. The lowest BCUT2D eigenvalue weighted by Gasteiger charge is -1.97. The maximum Gasteiger partial charge on any atom is 0.251 e. The molecular weight excluding hydrogens is 142 g/mol. The second-order valence-electron chi connectivity index (χ2n) is 2.47. The van der Waals surface area contributed by atoms with Crippen LogP contribution in [-0.2, 0) is 9.53 Å². The Morgan fingerprint density at radius 1 is 1.36 bits per heavy atom. The fraction of sp³-hybridized carbons (Fsp3) is 0.375. The van der Waals surface area contributed by atoms with Crippen LogP contribution in [-0.4, -0.2) is 13.0 Å². The quantitative estimate of drug-likeness (QED) is 0.569. The number of methoxy groups -OCH3 is 1. The SMILES string of the molecule is CO/C=C1/NC(=O)C(C)=C1C. The van der Waals surface area contributed by atoms with Gasteiger partial charge in [-0.2, -0.15) is 0 Å². The van der Waals surface area contributed by atoms with Gasteiger partial charge in [0.15, 0.2) is 0 Å². The van der Waals surface area contributed by atoms with Crippen LogP contribution >= 0.6 is 0 Å². The predicted octanol–water partition coefficient (Wildman–Crippen LogP) is 0.940. The van der Waals surface area contributed by atoms with E-state index in [1.54, 1.807) is 14.0 Å². The highest BCUT2D eigenvalue weighted by atomic mass is 16.5. The number of rotatable bonds is 1. The van der Waals surface area contributed by atoms with E-state index in [1.165, 1.54) is 6.26 Å². The highest BCUT2D eigenvalue weighted by Crippen LogP contribution is 2.18.